The van der Waals surface area contributed by atoms with Crippen molar-refractivity contribution in [1.29, 1.82) is 0 Å². The smallest absolute Gasteiger partial charge is 0.158 e. The summed E-state index contributed by atoms with van der Waals surface area (Å²) < 4.78 is 5.64. The summed E-state index contributed by atoms with van der Waals surface area (Å²) in [6.45, 7) is 2.58. The van der Waals surface area contributed by atoms with Crippen LogP contribution in [0.25, 0.3) is 0 Å². The third-order valence-electron chi connectivity index (χ3n) is 4.00. The second-order valence-electron chi connectivity index (χ2n) is 5.71. The average Bonchev–Trinajstić information content (AvgIpc) is 2.57. The number of ether oxygens (including phenoxy) is 1. The maximum Gasteiger partial charge on any atom is 0.158 e. The van der Waals surface area contributed by atoms with Crippen molar-refractivity contribution in [1.82, 2.24) is 0 Å². The van der Waals surface area contributed by atoms with Crippen LogP contribution < -0.4 is 10.1 Å². The summed E-state index contributed by atoms with van der Waals surface area (Å²) in [5, 5.41) is 3.38. The van der Waals surface area contributed by atoms with Gasteiger partial charge in [-0.15, -0.1) is 0 Å². The third kappa shape index (κ3) is 3.81. The van der Waals surface area contributed by atoms with Crippen LogP contribution >= 0.6 is 0 Å². The lowest BCUT2D eigenvalue weighted by Crippen LogP contribution is -2.17. The lowest BCUT2D eigenvalue weighted by molar-refractivity contribution is -0.115. The Bertz CT molecular complexity index is 707. The highest BCUT2D eigenvalue weighted by Gasteiger charge is 2.22. The van der Waals surface area contributed by atoms with Gasteiger partial charge in [-0.2, -0.15) is 0 Å². The standard InChI is InChI=1S/C20H21NO2/c1-2-23-20-11-7-6-10-19(20)21-17-12-16(13-18(22)14-17)15-8-4-3-5-9-15/h3-11,14,16,21H,2,12-13H2,1H3/t16-/m0/s1. The third-order valence-corrected chi connectivity index (χ3v) is 4.00. The highest BCUT2D eigenvalue weighted by atomic mass is 16.5. The molecule has 0 fully saturated rings. The fourth-order valence-corrected chi connectivity index (χ4v) is 2.96. The first-order valence-corrected chi connectivity index (χ1v) is 8.03. The van der Waals surface area contributed by atoms with Crippen molar-refractivity contribution in [3.63, 3.8) is 0 Å². The van der Waals surface area contributed by atoms with Gasteiger partial charge in [-0.1, -0.05) is 42.5 Å². The zero-order chi connectivity index (χ0) is 16.1. The molecule has 0 amide bonds. The van der Waals surface area contributed by atoms with Crippen LogP contribution in [0, 0.1) is 0 Å². The summed E-state index contributed by atoms with van der Waals surface area (Å²) in [4.78, 5) is 12.1. The van der Waals surface area contributed by atoms with E-state index in [9.17, 15) is 4.79 Å². The van der Waals surface area contributed by atoms with Gasteiger partial charge in [-0.3, -0.25) is 4.79 Å². The zero-order valence-corrected chi connectivity index (χ0v) is 13.3. The number of hydrogen-bond acceptors (Lipinski definition) is 3. The Morgan fingerprint density at radius 1 is 1.04 bits per heavy atom. The van der Waals surface area contributed by atoms with Crippen molar-refractivity contribution in [3.05, 3.63) is 71.9 Å². The number of anilines is 1. The van der Waals surface area contributed by atoms with Crippen LogP contribution in [0.5, 0.6) is 5.75 Å². The number of carbonyl (C=O) groups excluding carboxylic acids is 1. The van der Waals surface area contributed by atoms with Crippen LogP contribution in [0.2, 0.25) is 0 Å². The van der Waals surface area contributed by atoms with E-state index in [1.807, 2.05) is 49.4 Å². The summed E-state index contributed by atoms with van der Waals surface area (Å²) in [7, 11) is 0. The molecule has 23 heavy (non-hydrogen) atoms. The molecule has 0 aromatic heterocycles. The van der Waals surface area contributed by atoms with Gasteiger partial charge in [0, 0.05) is 18.2 Å². The number of carbonyl (C=O) groups is 1. The Balaban J connectivity index is 1.79. The largest absolute Gasteiger partial charge is 0.492 e. The highest BCUT2D eigenvalue weighted by molar-refractivity contribution is 5.92. The van der Waals surface area contributed by atoms with Crippen molar-refractivity contribution in [2.45, 2.75) is 25.7 Å². The molecule has 0 spiro atoms. The number of para-hydroxylation sites is 2. The predicted octanol–water partition coefficient (Wildman–Crippen LogP) is 4.53. The van der Waals surface area contributed by atoms with E-state index in [-0.39, 0.29) is 11.7 Å². The minimum atomic E-state index is 0.168. The van der Waals surface area contributed by atoms with Crippen molar-refractivity contribution in [2.75, 3.05) is 11.9 Å². The SMILES string of the molecule is CCOc1ccccc1NC1=CC(=O)C[C@@H](c2ccccc2)C1. The fourth-order valence-electron chi connectivity index (χ4n) is 2.96. The Labute approximate surface area is 137 Å². The van der Waals surface area contributed by atoms with Crippen LogP contribution in [0.4, 0.5) is 5.69 Å². The molecule has 1 aliphatic carbocycles. The van der Waals surface area contributed by atoms with E-state index in [1.165, 1.54) is 5.56 Å². The highest BCUT2D eigenvalue weighted by Crippen LogP contribution is 2.33. The molecule has 0 bridgehead atoms. The van der Waals surface area contributed by atoms with E-state index >= 15 is 0 Å². The first-order valence-electron chi connectivity index (χ1n) is 8.03. The number of hydrogen-bond donors (Lipinski definition) is 1. The molecule has 0 unspecified atom stereocenters. The van der Waals surface area contributed by atoms with Crippen LogP contribution in [-0.4, -0.2) is 12.4 Å². The van der Waals surface area contributed by atoms with Gasteiger partial charge in [0.1, 0.15) is 5.75 Å². The Kier molecular flexibility index (Phi) is 4.77. The summed E-state index contributed by atoms with van der Waals surface area (Å²) >= 11 is 0. The van der Waals surface area contributed by atoms with E-state index in [2.05, 4.69) is 17.4 Å². The van der Waals surface area contributed by atoms with E-state index in [4.69, 9.17) is 4.74 Å². The minimum absolute atomic E-state index is 0.168. The first-order chi connectivity index (χ1) is 11.3. The fraction of sp³-hybridized carbons (Fsp3) is 0.250. The second-order valence-corrected chi connectivity index (χ2v) is 5.71. The summed E-state index contributed by atoms with van der Waals surface area (Å²) in [6.07, 6.45) is 3.13. The van der Waals surface area contributed by atoms with Crippen LogP contribution in [-0.2, 0) is 4.79 Å². The molecule has 3 heteroatoms. The molecule has 0 saturated heterocycles. The Morgan fingerprint density at radius 2 is 1.78 bits per heavy atom. The molecular weight excluding hydrogens is 286 g/mol. The quantitative estimate of drug-likeness (QED) is 0.882. The summed E-state index contributed by atoms with van der Waals surface area (Å²) in [5.41, 5.74) is 3.07. The molecule has 3 nitrogen and oxygen atoms in total. The molecular formula is C20H21NO2. The monoisotopic (exact) mass is 307 g/mol. The van der Waals surface area contributed by atoms with Crippen LogP contribution in [0.3, 0.4) is 0 Å². The molecule has 118 valence electrons. The molecule has 0 aliphatic heterocycles. The summed E-state index contributed by atoms with van der Waals surface area (Å²) in [5.74, 6) is 1.21. The van der Waals surface area contributed by atoms with Crippen molar-refractivity contribution in [2.24, 2.45) is 0 Å². The number of rotatable bonds is 5. The molecule has 1 N–H and O–H groups in total. The number of benzene rings is 2. The zero-order valence-electron chi connectivity index (χ0n) is 13.3. The molecule has 0 radical (unpaired) electrons. The predicted molar refractivity (Wildman–Crippen MR) is 92.7 cm³/mol. The summed E-state index contributed by atoms with van der Waals surface area (Å²) in [6, 6.07) is 18.1. The van der Waals surface area contributed by atoms with Gasteiger partial charge in [0.05, 0.1) is 12.3 Å². The van der Waals surface area contributed by atoms with Gasteiger partial charge >= 0.3 is 0 Å². The van der Waals surface area contributed by atoms with Crippen molar-refractivity contribution >= 4 is 11.5 Å². The van der Waals surface area contributed by atoms with E-state index in [0.29, 0.717) is 13.0 Å². The molecule has 1 atom stereocenters. The molecule has 1 aliphatic rings. The normalized spacial score (nSPS) is 17.5. The Morgan fingerprint density at radius 3 is 2.57 bits per heavy atom. The second kappa shape index (κ2) is 7.14. The van der Waals surface area contributed by atoms with E-state index in [0.717, 1.165) is 23.6 Å². The number of ketones is 1. The van der Waals surface area contributed by atoms with Gasteiger partial charge in [0.15, 0.2) is 5.78 Å². The van der Waals surface area contributed by atoms with Gasteiger partial charge in [0.25, 0.3) is 0 Å². The molecule has 2 aromatic carbocycles. The lowest BCUT2D eigenvalue weighted by atomic mass is 9.85. The Hall–Kier alpha value is -2.55. The van der Waals surface area contributed by atoms with Gasteiger partial charge in [-0.25, -0.2) is 0 Å². The van der Waals surface area contributed by atoms with Gasteiger partial charge in [-0.05, 0) is 37.0 Å². The maximum absolute atomic E-state index is 12.1. The minimum Gasteiger partial charge on any atom is -0.492 e. The number of nitrogens with one attached hydrogen (secondary N) is 1. The first kappa shape index (κ1) is 15.3. The van der Waals surface area contributed by atoms with E-state index < -0.39 is 0 Å². The van der Waals surface area contributed by atoms with Gasteiger partial charge < -0.3 is 10.1 Å². The topological polar surface area (TPSA) is 38.3 Å². The van der Waals surface area contributed by atoms with Crippen molar-refractivity contribution < 1.29 is 9.53 Å². The van der Waals surface area contributed by atoms with Gasteiger partial charge in [0.2, 0.25) is 0 Å². The van der Waals surface area contributed by atoms with Crippen LogP contribution in [0.15, 0.2) is 66.4 Å². The van der Waals surface area contributed by atoms with E-state index in [1.54, 1.807) is 6.08 Å². The average molecular weight is 307 g/mol. The molecule has 3 rings (SSSR count). The molecule has 2 aromatic rings. The maximum atomic E-state index is 12.1. The number of allylic oxidation sites excluding steroid dienone is 2. The molecule has 0 saturated carbocycles. The van der Waals surface area contributed by atoms with Crippen LogP contribution in [0.1, 0.15) is 31.2 Å². The lowest BCUT2D eigenvalue weighted by Gasteiger charge is -2.24. The van der Waals surface area contributed by atoms with Crippen molar-refractivity contribution in [3.8, 4) is 5.75 Å². The molecule has 0 heterocycles.